The molecule has 0 amide bonds. The van der Waals surface area contributed by atoms with Crippen LogP contribution in [-0.2, 0) is 0 Å². The van der Waals surface area contributed by atoms with E-state index >= 15 is 0 Å². The molecule has 0 bridgehead atoms. The van der Waals surface area contributed by atoms with Crippen molar-refractivity contribution in [1.29, 1.82) is 0 Å². The van der Waals surface area contributed by atoms with Gasteiger partial charge in [0.25, 0.3) is 0 Å². The van der Waals surface area contributed by atoms with E-state index in [1.807, 2.05) is 6.20 Å². The zero-order valence-corrected chi connectivity index (χ0v) is 11.0. The second-order valence-corrected chi connectivity index (χ2v) is 4.69. The minimum absolute atomic E-state index is 0.213. The maximum absolute atomic E-state index is 8.75. The van der Waals surface area contributed by atoms with E-state index in [0.29, 0.717) is 0 Å². The first kappa shape index (κ1) is 13.1. The highest BCUT2D eigenvalue weighted by molar-refractivity contribution is 5.54. The molecular weight excluding hydrogens is 228 g/mol. The molecule has 1 fully saturated rings. The van der Waals surface area contributed by atoms with Crippen LogP contribution in [0.25, 0.3) is 0 Å². The molecule has 0 saturated carbocycles. The lowest BCUT2D eigenvalue weighted by atomic mass is 10.2. The number of likely N-dealkylation sites (N-methyl/N-ethyl adjacent to an activating group) is 1. The van der Waals surface area contributed by atoms with Gasteiger partial charge in [0.1, 0.15) is 5.82 Å². The van der Waals surface area contributed by atoms with Crippen LogP contribution < -0.4 is 10.2 Å². The smallest absolute Gasteiger partial charge is 0.127 e. The van der Waals surface area contributed by atoms with Gasteiger partial charge in [-0.05, 0) is 19.5 Å². The van der Waals surface area contributed by atoms with Gasteiger partial charge in [-0.3, -0.25) is 0 Å². The van der Waals surface area contributed by atoms with Crippen LogP contribution in [0.2, 0.25) is 0 Å². The summed E-state index contributed by atoms with van der Waals surface area (Å²) in [6.45, 7) is 5.32. The van der Waals surface area contributed by atoms with Gasteiger partial charge in [0, 0.05) is 57.3 Å². The molecule has 0 unspecified atom stereocenters. The Morgan fingerprint density at radius 1 is 1.33 bits per heavy atom. The molecule has 5 heteroatoms. The quantitative estimate of drug-likeness (QED) is 0.751. The van der Waals surface area contributed by atoms with E-state index in [-0.39, 0.29) is 6.61 Å². The Labute approximate surface area is 108 Å². The lowest BCUT2D eigenvalue weighted by molar-refractivity contribution is 0.292. The van der Waals surface area contributed by atoms with Crippen molar-refractivity contribution in [2.24, 2.45) is 0 Å². The fourth-order valence-electron chi connectivity index (χ4n) is 2.07. The SMILES string of the molecule is CN1CCN(c2ccnc(NCCCO)c2)CC1. The molecule has 18 heavy (non-hydrogen) atoms. The maximum atomic E-state index is 8.75. The summed E-state index contributed by atoms with van der Waals surface area (Å²) in [7, 11) is 2.16. The summed E-state index contributed by atoms with van der Waals surface area (Å²) in [6.07, 6.45) is 2.59. The van der Waals surface area contributed by atoms with Crippen LogP contribution in [0.4, 0.5) is 11.5 Å². The lowest BCUT2D eigenvalue weighted by Gasteiger charge is -2.34. The Balaban J connectivity index is 1.94. The van der Waals surface area contributed by atoms with E-state index in [2.05, 4.69) is 39.3 Å². The van der Waals surface area contributed by atoms with Gasteiger partial charge < -0.3 is 20.2 Å². The normalized spacial score (nSPS) is 16.9. The van der Waals surface area contributed by atoms with E-state index in [9.17, 15) is 0 Å². The number of hydrogen-bond acceptors (Lipinski definition) is 5. The topological polar surface area (TPSA) is 51.6 Å². The monoisotopic (exact) mass is 250 g/mol. The number of piperazine rings is 1. The van der Waals surface area contributed by atoms with Gasteiger partial charge in [-0.25, -0.2) is 4.98 Å². The molecule has 0 spiro atoms. The molecule has 1 aromatic heterocycles. The molecule has 2 rings (SSSR count). The molecular formula is C13H22N4O. The molecule has 5 nitrogen and oxygen atoms in total. The maximum Gasteiger partial charge on any atom is 0.127 e. The first-order valence-electron chi connectivity index (χ1n) is 6.54. The molecule has 1 aromatic rings. The number of aliphatic hydroxyl groups excluding tert-OH is 1. The summed E-state index contributed by atoms with van der Waals surface area (Å²) < 4.78 is 0. The zero-order valence-electron chi connectivity index (χ0n) is 11.0. The first-order chi connectivity index (χ1) is 8.79. The molecule has 0 aliphatic carbocycles. The minimum atomic E-state index is 0.213. The highest BCUT2D eigenvalue weighted by atomic mass is 16.3. The van der Waals surface area contributed by atoms with Crippen molar-refractivity contribution in [3.63, 3.8) is 0 Å². The Morgan fingerprint density at radius 2 is 2.11 bits per heavy atom. The third-order valence-corrected chi connectivity index (χ3v) is 3.25. The van der Waals surface area contributed by atoms with E-state index in [4.69, 9.17) is 5.11 Å². The van der Waals surface area contributed by atoms with Crippen molar-refractivity contribution >= 4 is 11.5 Å². The lowest BCUT2D eigenvalue weighted by Crippen LogP contribution is -2.44. The average Bonchev–Trinajstić information content (AvgIpc) is 2.40. The largest absolute Gasteiger partial charge is 0.396 e. The Kier molecular flexibility index (Phi) is 4.78. The number of nitrogens with one attached hydrogen (secondary N) is 1. The summed E-state index contributed by atoms with van der Waals surface area (Å²) >= 11 is 0. The molecule has 1 aliphatic heterocycles. The summed E-state index contributed by atoms with van der Waals surface area (Å²) in [4.78, 5) is 9.02. The van der Waals surface area contributed by atoms with E-state index in [1.54, 1.807) is 0 Å². The van der Waals surface area contributed by atoms with Crippen molar-refractivity contribution < 1.29 is 5.11 Å². The number of anilines is 2. The molecule has 1 aliphatic rings. The van der Waals surface area contributed by atoms with Crippen molar-refractivity contribution in [3.05, 3.63) is 18.3 Å². The van der Waals surface area contributed by atoms with Gasteiger partial charge in [0.05, 0.1) is 0 Å². The van der Waals surface area contributed by atoms with E-state index in [1.165, 1.54) is 5.69 Å². The Hall–Kier alpha value is -1.33. The van der Waals surface area contributed by atoms with Crippen LogP contribution in [0.5, 0.6) is 0 Å². The third kappa shape index (κ3) is 3.58. The van der Waals surface area contributed by atoms with Gasteiger partial charge in [-0.1, -0.05) is 0 Å². The van der Waals surface area contributed by atoms with Gasteiger partial charge in [-0.15, -0.1) is 0 Å². The van der Waals surface area contributed by atoms with Crippen LogP contribution in [0, 0.1) is 0 Å². The summed E-state index contributed by atoms with van der Waals surface area (Å²) in [6, 6.07) is 4.14. The fourth-order valence-corrected chi connectivity index (χ4v) is 2.07. The van der Waals surface area contributed by atoms with Crippen LogP contribution in [-0.4, -0.2) is 61.4 Å². The Morgan fingerprint density at radius 3 is 2.83 bits per heavy atom. The molecule has 0 radical (unpaired) electrons. The summed E-state index contributed by atoms with van der Waals surface area (Å²) in [5.74, 6) is 0.889. The van der Waals surface area contributed by atoms with E-state index < -0.39 is 0 Å². The summed E-state index contributed by atoms with van der Waals surface area (Å²) in [5.41, 5.74) is 1.23. The second-order valence-electron chi connectivity index (χ2n) is 4.69. The first-order valence-corrected chi connectivity index (χ1v) is 6.54. The molecule has 0 atom stereocenters. The highest BCUT2D eigenvalue weighted by Gasteiger charge is 2.14. The predicted octanol–water partition coefficient (Wildman–Crippen LogP) is 0.628. The van der Waals surface area contributed by atoms with Crippen LogP contribution in [0.3, 0.4) is 0 Å². The zero-order chi connectivity index (χ0) is 12.8. The average molecular weight is 250 g/mol. The predicted molar refractivity (Wildman–Crippen MR) is 74.1 cm³/mol. The molecule has 0 aromatic carbocycles. The number of aromatic nitrogens is 1. The number of aliphatic hydroxyl groups is 1. The van der Waals surface area contributed by atoms with Crippen LogP contribution >= 0.6 is 0 Å². The number of hydrogen-bond donors (Lipinski definition) is 2. The van der Waals surface area contributed by atoms with Crippen molar-refractivity contribution in [2.45, 2.75) is 6.42 Å². The van der Waals surface area contributed by atoms with Gasteiger partial charge in [0.15, 0.2) is 0 Å². The molecule has 100 valence electrons. The second kappa shape index (κ2) is 6.56. The van der Waals surface area contributed by atoms with Gasteiger partial charge in [-0.2, -0.15) is 0 Å². The summed E-state index contributed by atoms with van der Waals surface area (Å²) in [5, 5.41) is 12.0. The number of nitrogens with zero attached hydrogens (tertiary/aromatic N) is 3. The fraction of sp³-hybridized carbons (Fsp3) is 0.615. The van der Waals surface area contributed by atoms with Crippen molar-refractivity contribution in [1.82, 2.24) is 9.88 Å². The highest BCUT2D eigenvalue weighted by Crippen LogP contribution is 2.18. The standard InChI is InChI=1S/C13H22N4O/c1-16-6-8-17(9-7-16)12-3-5-15-13(11-12)14-4-2-10-18/h3,5,11,18H,2,4,6-10H2,1H3,(H,14,15). The van der Waals surface area contributed by atoms with Crippen molar-refractivity contribution in [2.75, 3.05) is 56.6 Å². The van der Waals surface area contributed by atoms with E-state index in [0.717, 1.165) is 45.0 Å². The molecule has 2 heterocycles. The van der Waals surface area contributed by atoms with Crippen LogP contribution in [0.15, 0.2) is 18.3 Å². The van der Waals surface area contributed by atoms with Gasteiger partial charge >= 0.3 is 0 Å². The van der Waals surface area contributed by atoms with Crippen LogP contribution in [0.1, 0.15) is 6.42 Å². The molecule has 2 N–H and O–H groups in total. The third-order valence-electron chi connectivity index (χ3n) is 3.25. The van der Waals surface area contributed by atoms with Gasteiger partial charge in [0.2, 0.25) is 0 Å². The molecule has 1 saturated heterocycles. The Bertz CT molecular complexity index is 364. The number of pyridine rings is 1. The van der Waals surface area contributed by atoms with Crippen molar-refractivity contribution in [3.8, 4) is 0 Å². The number of rotatable bonds is 5. The minimum Gasteiger partial charge on any atom is -0.396 e.